The largest absolute Gasteiger partial charge is 0.485 e. The van der Waals surface area contributed by atoms with Crippen molar-refractivity contribution in [3.63, 3.8) is 0 Å². The van der Waals surface area contributed by atoms with Crippen molar-refractivity contribution >= 4 is 29.0 Å². The van der Waals surface area contributed by atoms with Gasteiger partial charge in [-0.3, -0.25) is 4.79 Å². The fourth-order valence-electron chi connectivity index (χ4n) is 2.24. The highest BCUT2D eigenvalue weighted by molar-refractivity contribution is 6.30. The minimum atomic E-state index is -0.165. The number of carbonyl (C=O) groups excluding carboxylic acids is 1. The number of nitrogens with one attached hydrogen (secondary N) is 1. The molecule has 0 fully saturated rings. The standard InChI is InChI=1S/C19H16ClN3O2/c20-15-10-17(18(21)22-11-15)25-12-13-5-4-8-16(9-13)23-19(24)14-6-2-1-3-7-14/h1-11H,12H2,(H2,21,22)(H,23,24). The fourth-order valence-corrected chi connectivity index (χ4v) is 2.39. The molecule has 1 amide bonds. The molecule has 0 aliphatic heterocycles. The van der Waals surface area contributed by atoms with E-state index in [-0.39, 0.29) is 18.3 Å². The molecular weight excluding hydrogens is 338 g/mol. The maximum atomic E-state index is 12.2. The zero-order valence-corrected chi connectivity index (χ0v) is 14.0. The van der Waals surface area contributed by atoms with Gasteiger partial charge < -0.3 is 15.8 Å². The first-order valence-corrected chi connectivity index (χ1v) is 7.99. The average molecular weight is 354 g/mol. The first kappa shape index (κ1) is 16.8. The van der Waals surface area contributed by atoms with Gasteiger partial charge in [0.05, 0.1) is 5.02 Å². The summed E-state index contributed by atoms with van der Waals surface area (Å²) >= 11 is 5.89. The molecule has 0 spiro atoms. The summed E-state index contributed by atoms with van der Waals surface area (Å²) in [5.41, 5.74) is 7.93. The number of amides is 1. The Morgan fingerprint density at radius 3 is 2.72 bits per heavy atom. The number of nitrogen functional groups attached to an aromatic ring is 1. The number of ether oxygens (including phenoxy) is 1. The number of pyridine rings is 1. The summed E-state index contributed by atoms with van der Waals surface area (Å²) in [5, 5.41) is 3.32. The molecule has 0 bridgehead atoms. The number of hydrogen-bond acceptors (Lipinski definition) is 4. The lowest BCUT2D eigenvalue weighted by atomic mass is 10.2. The van der Waals surface area contributed by atoms with E-state index < -0.39 is 0 Å². The topological polar surface area (TPSA) is 77.2 Å². The second kappa shape index (κ2) is 7.68. The van der Waals surface area contributed by atoms with Crippen LogP contribution in [0.25, 0.3) is 0 Å². The molecule has 126 valence electrons. The summed E-state index contributed by atoms with van der Waals surface area (Å²) in [6, 6.07) is 18.1. The van der Waals surface area contributed by atoms with E-state index in [2.05, 4.69) is 10.3 Å². The van der Waals surface area contributed by atoms with Gasteiger partial charge in [0.25, 0.3) is 5.91 Å². The van der Waals surface area contributed by atoms with Crippen LogP contribution in [-0.2, 0) is 6.61 Å². The minimum absolute atomic E-state index is 0.165. The van der Waals surface area contributed by atoms with Crippen LogP contribution >= 0.6 is 11.6 Å². The number of anilines is 2. The zero-order valence-electron chi connectivity index (χ0n) is 13.3. The molecule has 0 saturated carbocycles. The van der Waals surface area contributed by atoms with Crippen molar-refractivity contribution in [2.24, 2.45) is 0 Å². The maximum absolute atomic E-state index is 12.2. The Kier molecular flexibility index (Phi) is 5.16. The third kappa shape index (κ3) is 4.49. The Hall–Kier alpha value is -3.05. The van der Waals surface area contributed by atoms with Gasteiger partial charge in [0.1, 0.15) is 6.61 Å². The van der Waals surface area contributed by atoms with Crippen LogP contribution in [0.15, 0.2) is 66.9 Å². The van der Waals surface area contributed by atoms with Gasteiger partial charge in [-0.15, -0.1) is 0 Å². The van der Waals surface area contributed by atoms with Crippen LogP contribution in [0.2, 0.25) is 5.02 Å². The van der Waals surface area contributed by atoms with E-state index in [1.54, 1.807) is 18.2 Å². The smallest absolute Gasteiger partial charge is 0.255 e. The van der Waals surface area contributed by atoms with Crippen molar-refractivity contribution < 1.29 is 9.53 Å². The Labute approximate surface area is 150 Å². The van der Waals surface area contributed by atoms with Gasteiger partial charge in [0, 0.05) is 23.5 Å². The van der Waals surface area contributed by atoms with Crippen LogP contribution in [-0.4, -0.2) is 10.9 Å². The summed E-state index contributed by atoms with van der Waals surface area (Å²) in [5.74, 6) is 0.533. The number of carbonyl (C=O) groups is 1. The van der Waals surface area contributed by atoms with Crippen molar-refractivity contribution in [3.05, 3.63) is 83.0 Å². The first-order chi connectivity index (χ1) is 12.1. The van der Waals surface area contributed by atoms with Gasteiger partial charge in [-0.05, 0) is 29.8 Å². The molecule has 5 nitrogen and oxygen atoms in total. The summed E-state index contributed by atoms with van der Waals surface area (Å²) in [4.78, 5) is 16.2. The fraction of sp³-hybridized carbons (Fsp3) is 0.0526. The van der Waals surface area contributed by atoms with Crippen LogP contribution in [0.3, 0.4) is 0 Å². The van der Waals surface area contributed by atoms with E-state index >= 15 is 0 Å². The highest BCUT2D eigenvalue weighted by atomic mass is 35.5. The molecule has 3 rings (SSSR count). The molecule has 0 radical (unpaired) electrons. The van der Waals surface area contributed by atoms with E-state index in [9.17, 15) is 4.79 Å². The molecule has 0 atom stereocenters. The van der Waals surface area contributed by atoms with Crippen LogP contribution < -0.4 is 15.8 Å². The molecule has 0 unspecified atom stereocenters. The summed E-state index contributed by atoms with van der Waals surface area (Å²) in [6.07, 6.45) is 1.46. The Bertz CT molecular complexity index is 885. The highest BCUT2D eigenvalue weighted by Gasteiger charge is 2.07. The molecule has 3 aromatic rings. The quantitative estimate of drug-likeness (QED) is 0.722. The third-order valence-electron chi connectivity index (χ3n) is 3.46. The number of aromatic nitrogens is 1. The normalized spacial score (nSPS) is 10.3. The molecule has 0 aliphatic carbocycles. The van der Waals surface area contributed by atoms with Gasteiger partial charge in [-0.25, -0.2) is 4.98 Å². The maximum Gasteiger partial charge on any atom is 0.255 e. The average Bonchev–Trinajstić information content (AvgIpc) is 2.63. The molecule has 6 heteroatoms. The molecule has 0 saturated heterocycles. The predicted octanol–water partition coefficient (Wildman–Crippen LogP) is 4.15. The molecule has 2 aromatic carbocycles. The van der Waals surface area contributed by atoms with E-state index in [1.807, 2.05) is 42.5 Å². The Balaban J connectivity index is 1.67. The molecular formula is C19H16ClN3O2. The molecule has 25 heavy (non-hydrogen) atoms. The highest BCUT2D eigenvalue weighted by Crippen LogP contribution is 2.24. The number of benzene rings is 2. The van der Waals surface area contributed by atoms with Crippen molar-refractivity contribution in [2.75, 3.05) is 11.1 Å². The molecule has 1 heterocycles. The van der Waals surface area contributed by atoms with Crippen LogP contribution in [0.4, 0.5) is 11.5 Å². The summed E-state index contributed by atoms with van der Waals surface area (Å²) in [6.45, 7) is 0.279. The Morgan fingerprint density at radius 1 is 1.12 bits per heavy atom. The zero-order chi connectivity index (χ0) is 17.6. The van der Waals surface area contributed by atoms with Crippen molar-refractivity contribution in [1.29, 1.82) is 0 Å². The first-order valence-electron chi connectivity index (χ1n) is 7.61. The predicted molar refractivity (Wildman–Crippen MR) is 98.8 cm³/mol. The SMILES string of the molecule is Nc1ncc(Cl)cc1OCc1cccc(NC(=O)c2ccccc2)c1. The van der Waals surface area contributed by atoms with E-state index in [0.29, 0.717) is 22.0 Å². The second-order valence-electron chi connectivity index (χ2n) is 5.35. The van der Waals surface area contributed by atoms with Crippen LogP contribution in [0.5, 0.6) is 5.75 Å². The number of hydrogen-bond donors (Lipinski definition) is 2. The number of nitrogens with zero attached hydrogens (tertiary/aromatic N) is 1. The van der Waals surface area contributed by atoms with Gasteiger partial charge in [0.15, 0.2) is 11.6 Å². The number of halogens is 1. The van der Waals surface area contributed by atoms with Gasteiger partial charge >= 0.3 is 0 Å². The van der Waals surface area contributed by atoms with E-state index in [0.717, 1.165) is 5.56 Å². The summed E-state index contributed by atoms with van der Waals surface area (Å²) < 4.78 is 5.66. The lowest BCUT2D eigenvalue weighted by Crippen LogP contribution is -2.11. The van der Waals surface area contributed by atoms with Crippen LogP contribution in [0, 0.1) is 0 Å². The summed E-state index contributed by atoms with van der Waals surface area (Å²) in [7, 11) is 0. The van der Waals surface area contributed by atoms with E-state index in [1.165, 1.54) is 6.20 Å². The number of nitrogens with two attached hydrogens (primary N) is 1. The van der Waals surface area contributed by atoms with E-state index in [4.69, 9.17) is 22.1 Å². The molecule has 0 aliphatic rings. The second-order valence-corrected chi connectivity index (χ2v) is 5.78. The van der Waals surface area contributed by atoms with Crippen molar-refractivity contribution in [1.82, 2.24) is 4.98 Å². The molecule has 1 aromatic heterocycles. The monoisotopic (exact) mass is 353 g/mol. The lowest BCUT2D eigenvalue weighted by molar-refractivity contribution is 0.102. The van der Waals surface area contributed by atoms with Gasteiger partial charge in [0.2, 0.25) is 0 Å². The third-order valence-corrected chi connectivity index (χ3v) is 3.67. The number of rotatable bonds is 5. The minimum Gasteiger partial charge on any atom is -0.485 e. The molecule has 3 N–H and O–H groups in total. The lowest BCUT2D eigenvalue weighted by Gasteiger charge is -2.10. The Morgan fingerprint density at radius 2 is 1.92 bits per heavy atom. The van der Waals surface area contributed by atoms with Gasteiger partial charge in [-0.2, -0.15) is 0 Å². The van der Waals surface area contributed by atoms with Gasteiger partial charge in [-0.1, -0.05) is 41.9 Å². The van der Waals surface area contributed by atoms with Crippen molar-refractivity contribution in [2.45, 2.75) is 6.61 Å². The van der Waals surface area contributed by atoms with Crippen LogP contribution in [0.1, 0.15) is 15.9 Å². The van der Waals surface area contributed by atoms with Crippen molar-refractivity contribution in [3.8, 4) is 5.75 Å².